The van der Waals surface area contributed by atoms with Gasteiger partial charge in [-0.05, 0) is 31.9 Å². The Kier molecular flexibility index (Phi) is 4.01. The molecule has 112 valence electrons. The van der Waals surface area contributed by atoms with E-state index in [-0.39, 0.29) is 18.2 Å². The van der Waals surface area contributed by atoms with Gasteiger partial charge in [0, 0.05) is 12.8 Å². The smallest absolute Gasteiger partial charge is 0.315 e. The molecule has 3 heterocycles. The van der Waals surface area contributed by atoms with Gasteiger partial charge in [-0.1, -0.05) is 6.07 Å². The van der Waals surface area contributed by atoms with Gasteiger partial charge in [0.05, 0.1) is 18.7 Å². The topological polar surface area (TPSA) is 80.5 Å². The molecule has 0 saturated carbocycles. The highest BCUT2D eigenvalue weighted by molar-refractivity contribution is 5.74. The number of rotatable bonds is 4. The summed E-state index contributed by atoms with van der Waals surface area (Å²) in [4.78, 5) is 11.9. The average molecular weight is 289 g/mol. The minimum atomic E-state index is -0.217. The van der Waals surface area contributed by atoms with Crippen molar-refractivity contribution < 1.29 is 9.53 Å². The Morgan fingerprint density at radius 3 is 3.24 bits per heavy atom. The molecule has 1 fully saturated rings. The molecule has 1 aliphatic rings. The summed E-state index contributed by atoms with van der Waals surface area (Å²) in [5, 5.41) is 13.8. The van der Waals surface area contributed by atoms with Gasteiger partial charge in [0.2, 0.25) is 0 Å². The van der Waals surface area contributed by atoms with Crippen molar-refractivity contribution in [2.24, 2.45) is 0 Å². The maximum absolute atomic E-state index is 11.9. The first-order valence-electron chi connectivity index (χ1n) is 7.18. The van der Waals surface area contributed by atoms with Crippen molar-refractivity contribution >= 4 is 11.7 Å². The lowest BCUT2D eigenvalue weighted by molar-refractivity contribution is 0.0860. The van der Waals surface area contributed by atoms with Crippen LogP contribution in [0.25, 0.3) is 5.65 Å². The molecule has 2 aromatic rings. The van der Waals surface area contributed by atoms with Crippen molar-refractivity contribution in [1.82, 2.24) is 25.2 Å². The highest BCUT2D eigenvalue weighted by Crippen LogP contribution is 2.15. The molecule has 2 unspecified atom stereocenters. The molecular weight excluding hydrogens is 270 g/mol. The van der Waals surface area contributed by atoms with E-state index in [0.29, 0.717) is 12.4 Å². The molecule has 7 nitrogen and oxygen atoms in total. The van der Waals surface area contributed by atoms with E-state index in [9.17, 15) is 4.79 Å². The first kappa shape index (κ1) is 13.8. The third-order valence-electron chi connectivity index (χ3n) is 3.67. The molecule has 7 heteroatoms. The Hall–Kier alpha value is -2.15. The van der Waals surface area contributed by atoms with E-state index < -0.39 is 0 Å². The maximum atomic E-state index is 11.9. The second kappa shape index (κ2) is 6.09. The van der Waals surface area contributed by atoms with Crippen LogP contribution in [0.2, 0.25) is 0 Å². The fraction of sp³-hybridized carbons (Fsp3) is 0.500. The molecule has 0 aromatic carbocycles. The first-order chi connectivity index (χ1) is 10.2. The number of carbonyl (C=O) groups excluding carboxylic acids is 1. The second-order valence-electron chi connectivity index (χ2n) is 5.21. The highest BCUT2D eigenvalue weighted by atomic mass is 16.5. The monoisotopic (exact) mass is 289 g/mol. The zero-order chi connectivity index (χ0) is 14.7. The van der Waals surface area contributed by atoms with Crippen LogP contribution in [0.15, 0.2) is 24.4 Å². The lowest BCUT2D eigenvalue weighted by Crippen LogP contribution is -2.45. The molecule has 0 spiro atoms. The molecule has 3 rings (SSSR count). The van der Waals surface area contributed by atoms with Crippen molar-refractivity contribution in [2.75, 3.05) is 6.61 Å². The van der Waals surface area contributed by atoms with E-state index >= 15 is 0 Å². The fourth-order valence-electron chi connectivity index (χ4n) is 2.52. The molecule has 2 amide bonds. The van der Waals surface area contributed by atoms with Crippen molar-refractivity contribution in [3.63, 3.8) is 0 Å². The summed E-state index contributed by atoms with van der Waals surface area (Å²) in [6.45, 7) is 3.07. The normalized spacial score (nSPS) is 19.6. The number of nitrogens with one attached hydrogen (secondary N) is 2. The van der Waals surface area contributed by atoms with Crippen LogP contribution < -0.4 is 10.6 Å². The maximum Gasteiger partial charge on any atom is 0.315 e. The number of ether oxygens (including phenoxy) is 1. The Bertz CT molecular complexity index is 621. The van der Waals surface area contributed by atoms with E-state index in [2.05, 4.69) is 20.8 Å². The number of amides is 2. The van der Waals surface area contributed by atoms with Crippen LogP contribution in [-0.2, 0) is 11.3 Å². The first-order valence-corrected chi connectivity index (χ1v) is 7.18. The molecular formula is C14H19N5O2. The van der Waals surface area contributed by atoms with Crippen molar-refractivity contribution in [1.29, 1.82) is 0 Å². The quantitative estimate of drug-likeness (QED) is 0.883. The molecule has 0 bridgehead atoms. The van der Waals surface area contributed by atoms with Crippen LogP contribution in [0.3, 0.4) is 0 Å². The number of fused-ring (bicyclic) bond motifs is 1. The molecule has 1 aliphatic heterocycles. The number of carbonyl (C=O) groups is 1. The predicted molar refractivity (Wildman–Crippen MR) is 76.8 cm³/mol. The van der Waals surface area contributed by atoms with Crippen molar-refractivity contribution in [3.05, 3.63) is 30.2 Å². The number of hydrogen-bond acceptors (Lipinski definition) is 4. The third-order valence-corrected chi connectivity index (χ3v) is 3.67. The molecule has 0 aliphatic carbocycles. The van der Waals surface area contributed by atoms with Crippen LogP contribution in [0, 0.1) is 0 Å². The average Bonchev–Trinajstić information content (AvgIpc) is 3.15. The van der Waals surface area contributed by atoms with Crippen LogP contribution in [-0.4, -0.2) is 39.4 Å². The number of pyridine rings is 1. The molecule has 2 aromatic heterocycles. The van der Waals surface area contributed by atoms with Gasteiger partial charge >= 0.3 is 6.03 Å². The van der Waals surface area contributed by atoms with E-state index in [0.717, 1.165) is 25.1 Å². The van der Waals surface area contributed by atoms with Crippen LogP contribution in [0.5, 0.6) is 0 Å². The summed E-state index contributed by atoms with van der Waals surface area (Å²) in [7, 11) is 0. The van der Waals surface area contributed by atoms with Gasteiger partial charge in [0.1, 0.15) is 0 Å². The summed E-state index contributed by atoms with van der Waals surface area (Å²) >= 11 is 0. The third kappa shape index (κ3) is 3.13. The minimum Gasteiger partial charge on any atom is -0.376 e. The fourth-order valence-corrected chi connectivity index (χ4v) is 2.52. The standard InChI is InChI=1S/C14H19N5O2/c1-10(11-5-4-8-21-11)16-14(20)15-9-13-18-17-12-6-2-3-7-19(12)13/h2-3,6-7,10-11H,4-5,8-9H2,1H3,(H2,15,16,20). The summed E-state index contributed by atoms with van der Waals surface area (Å²) in [6, 6.07) is 5.46. The lowest BCUT2D eigenvalue weighted by Gasteiger charge is -2.20. The van der Waals surface area contributed by atoms with Crippen molar-refractivity contribution in [3.8, 4) is 0 Å². The van der Waals surface area contributed by atoms with Gasteiger partial charge in [-0.3, -0.25) is 4.40 Å². The summed E-state index contributed by atoms with van der Waals surface area (Å²) in [6.07, 6.45) is 4.05. The molecule has 21 heavy (non-hydrogen) atoms. The zero-order valence-corrected chi connectivity index (χ0v) is 12.0. The predicted octanol–water partition coefficient (Wildman–Crippen LogP) is 1.10. The number of nitrogens with zero attached hydrogens (tertiary/aromatic N) is 3. The number of urea groups is 1. The van der Waals surface area contributed by atoms with Crippen LogP contribution in [0.1, 0.15) is 25.6 Å². The van der Waals surface area contributed by atoms with Gasteiger partial charge in [0.15, 0.2) is 11.5 Å². The van der Waals surface area contributed by atoms with E-state index in [1.165, 1.54) is 0 Å². The summed E-state index contributed by atoms with van der Waals surface area (Å²) in [5.41, 5.74) is 0.766. The number of aromatic nitrogens is 3. The largest absolute Gasteiger partial charge is 0.376 e. The molecule has 0 radical (unpaired) electrons. The Balaban J connectivity index is 1.53. The highest BCUT2D eigenvalue weighted by Gasteiger charge is 2.23. The minimum absolute atomic E-state index is 0.00245. The summed E-state index contributed by atoms with van der Waals surface area (Å²) < 4.78 is 7.41. The Morgan fingerprint density at radius 1 is 1.52 bits per heavy atom. The second-order valence-corrected chi connectivity index (χ2v) is 5.21. The SMILES string of the molecule is CC(NC(=O)NCc1nnc2ccccn12)C1CCCO1. The lowest BCUT2D eigenvalue weighted by atomic mass is 10.1. The van der Waals surface area contributed by atoms with Gasteiger partial charge < -0.3 is 15.4 Å². The van der Waals surface area contributed by atoms with Crippen molar-refractivity contribution in [2.45, 2.75) is 38.5 Å². The van der Waals surface area contributed by atoms with E-state index in [4.69, 9.17) is 4.74 Å². The number of hydrogen-bond donors (Lipinski definition) is 2. The molecule has 1 saturated heterocycles. The van der Waals surface area contributed by atoms with E-state index in [1.807, 2.05) is 35.7 Å². The van der Waals surface area contributed by atoms with Gasteiger partial charge in [0.25, 0.3) is 0 Å². The van der Waals surface area contributed by atoms with Gasteiger partial charge in [-0.2, -0.15) is 0 Å². The van der Waals surface area contributed by atoms with Gasteiger partial charge in [-0.25, -0.2) is 4.79 Å². The van der Waals surface area contributed by atoms with E-state index in [1.54, 1.807) is 0 Å². The Morgan fingerprint density at radius 2 is 2.43 bits per heavy atom. The zero-order valence-electron chi connectivity index (χ0n) is 12.0. The Labute approximate surface area is 122 Å². The van der Waals surface area contributed by atoms with Gasteiger partial charge in [-0.15, -0.1) is 10.2 Å². The summed E-state index contributed by atoms with van der Waals surface area (Å²) in [5.74, 6) is 0.700. The van der Waals surface area contributed by atoms with Crippen LogP contribution in [0.4, 0.5) is 4.79 Å². The van der Waals surface area contributed by atoms with Crippen LogP contribution >= 0.6 is 0 Å². The molecule has 2 N–H and O–H groups in total. The molecule has 2 atom stereocenters.